The highest BCUT2D eigenvalue weighted by molar-refractivity contribution is 9.10. The molecule has 2 N–H and O–H groups in total. The van der Waals surface area contributed by atoms with Gasteiger partial charge in [0, 0.05) is 23.2 Å². The Morgan fingerprint density at radius 2 is 2.05 bits per heavy atom. The van der Waals surface area contributed by atoms with Gasteiger partial charge in [-0.2, -0.15) is 0 Å². The maximum Gasteiger partial charge on any atom is 0.124 e. The minimum absolute atomic E-state index is 0.185. The van der Waals surface area contributed by atoms with Crippen molar-refractivity contribution in [2.75, 3.05) is 13.2 Å². The van der Waals surface area contributed by atoms with Gasteiger partial charge in [0.2, 0.25) is 0 Å². The van der Waals surface area contributed by atoms with Gasteiger partial charge in [-0.25, -0.2) is 0 Å². The predicted octanol–water partition coefficient (Wildman–Crippen LogP) is 3.49. The summed E-state index contributed by atoms with van der Waals surface area (Å²) >= 11 is 3.49. The first-order valence-corrected chi connectivity index (χ1v) is 7.69. The molecule has 0 saturated heterocycles. The summed E-state index contributed by atoms with van der Waals surface area (Å²) in [4.78, 5) is 0. The van der Waals surface area contributed by atoms with Crippen LogP contribution in [-0.4, -0.2) is 24.4 Å². The van der Waals surface area contributed by atoms with Gasteiger partial charge in [0.15, 0.2) is 0 Å². The fourth-order valence-electron chi connectivity index (χ4n) is 1.82. The van der Waals surface area contributed by atoms with Crippen LogP contribution in [0, 0.1) is 0 Å². The summed E-state index contributed by atoms with van der Waals surface area (Å²) in [5, 5.41) is 12.1. The van der Waals surface area contributed by atoms with Crippen LogP contribution in [0.1, 0.15) is 38.7 Å². The van der Waals surface area contributed by atoms with Gasteiger partial charge in [0.05, 0.1) is 6.10 Å². The van der Waals surface area contributed by atoms with Crippen LogP contribution in [0.25, 0.3) is 0 Å². The van der Waals surface area contributed by atoms with Gasteiger partial charge in [-0.3, -0.25) is 0 Å². The lowest BCUT2D eigenvalue weighted by atomic mass is 10.2. The van der Waals surface area contributed by atoms with E-state index in [4.69, 9.17) is 9.84 Å². The molecular formula is C15H24BrNO2. The molecule has 0 spiro atoms. The van der Waals surface area contributed by atoms with Crippen LogP contribution >= 0.6 is 15.9 Å². The smallest absolute Gasteiger partial charge is 0.124 e. The van der Waals surface area contributed by atoms with Crippen LogP contribution in [0.3, 0.4) is 0 Å². The van der Waals surface area contributed by atoms with Crippen molar-refractivity contribution in [1.82, 2.24) is 5.32 Å². The van der Waals surface area contributed by atoms with Crippen LogP contribution in [-0.2, 0) is 6.54 Å². The lowest BCUT2D eigenvalue weighted by molar-refractivity contribution is 0.239. The van der Waals surface area contributed by atoms with Gasteiger partial charge in [0.25, 0.3) is 0 Å². The maximum absolute atomic E-state index is 8.71. The van der Waals surface area contributed by atoms with Crippen LogP contribution in [0.2, 0.25) is 0 Å². The molecule has 0 heterocycles. The molecule has 0 unspecified atom stereocenters. The van der Waals surface area contributed by atoms with Crippen LogP contribution < -0.4 is 10.1 Å². The van der Waals surface area contributed by atoms with Crippen molar-refractivity contribution in [3.8, 4) is 5.75 Å². The summed E-state index contributed by atoms with van der Waals surface area (Å²) in [6, 6.07) is 6.10. The summed E-state index contributed by atoms with van der Waals surface area (Å²) in [6.07, 6.45) is 3.23. The first-order valence-electron chi connectivity index (χ1n) is 6.90. The molecule has 0 aliphatic heterocycles. The third-order valence-corrected chi connectivity index (χ3v) is 3.21. The van der Waals surface area contributed by atoms with Crippen molar-refractivity contribution in [3.63, 3.8) is 0 Å². The van der Waals surface area contributed by atoms with Crippen molar-refractivity contribution in [1.29, 1.82) is 0 Å². The quantitative estimate of drug-likeness (QED) is 0.681. The Bertz CT molecular complexity index is 369. The molecule has 0 saturated carbocycles. The van der Waals surface area contributed by atoms with Gasteiger partial charge in [-0.05, 0) is 57.9 Å². The van der Waals surface area contributed by atoms with Crippen LogP contribution in [0.5, 0.6) is 5.75 Å². The number of hydrogen-bond donors (Lipinski definition) is 2. The lowest BCUT2D eigenvalue weighted by Crippen LogP contribution is -2.16. The zero-order valence-electron chi connectivity index (χ0n) is 11.8. The molecule has 1 rings (SSSR count). The summed E-state index contributed by atoms with van der Waals surface area (Å²) in [7, 11) is 0. The van der Waals surface area contributed by atoms with Gasteiger partial charge in [-0.15, -0.1) is 0 Å². The van der Waals surface area contributed by atoms with E-state index in [9.17, 15) is 0 Å². The number of nitrogens with one attached hydrogen (secondary N) is 1. The first-order chi connectivity index (χ1) is 9.13. The van der Waals surface area contributed by atoms with Gasteiger partial charge in [-0.1, -0.05) is 15.9 Å². The minimum atomic E-state index is 0.185. The predicted molar refractivity (Wildman–Crippen MR) is 82.5 cm³/mol. The molecule has 0 radical (unpaired) electrons. The molecule has 0 aliphatic carbocycles. The normalized spacial score (nSPS) is 11.0. The van der Waals surface area contributed by atoms with Crippen LogP contribution in [0.15, 0.2) is 22.7 Å². The standard InChI is InChI=1S/C15H24BrNO2/c1-12(2)19-15-7-6-14(16)10-13(15)11-17-8-4-3-5-9-18/h6-7,10,12,17-18H,3-5,8-9,11H2,1-2H3. The number of aliphatic hydroxyl groups is 1. The molecule has 0 fully saturated rings. The number of benzene rings is 1. The highest BCUT2D eigenvalue weighted by atomic mass is 79.9. The minimum Gasteiger partial charge on any atom is -0.491 e. The Hall–Kier alpha value is -0.580. The molecule has 3 nitrogen and oxygen atoms in total. The average molecular weight is 330 g/mol. The van der Waals surface area contributed by atoms with E-state index in [1.807, 2.05) is 26.0 Å². The molecule has 0 amide bonds. The third kappa shape index (κ3) is 6.95. The van der Waals surface area contributed by atoms with E-state index in [1.165, 1.54) is 5.56 Å². The van der Waals surface area contributed by atoms with E-state index in [2.05, 4.69) is 27.3 Å². The van der Waals surface area contributed by atoms with Gasteiger partial charge >= 0.3 is 0 Å². The van der Waals surface area contributed by atoms with Crippen molar-refractivity contribution in [3.05, 3.63) is 28.2 Å². The van der Waals surface area contributed by atoms with Crippen molar-refractivity contribution in [2.45, 2.75) is 45.8 Å². The fourth-order valence-corrected chi connectivity index (χ4v) is 2.23. The topological polar surface area (TPSA) is 41.5 Å². The second kappa shape index (κ2) is 9.34. The highest BCUT2D eigenvalue weighted by Gasteiger charge is 2.06. The molecular weight excluding hydrogens is 306 g/mol. The highest BCUT2D eigenvalue weighted by Crippen LogP contribution is 2.24. The van der Waals surface area contributed by atoms with E-state index in [0.717, 1.165) is 42.6 Å². The second-order valence-corrected chi connectivity index (χ2v) is 5.80. The largest absolute Gasteiger partial charge is 0.491 e. The number of ether oxygens (including phenoxy) is 1. The second-order valence-electron chi connectivity index (χ2n) is 4.88. The molecule has 0 aromatic heterocycles. The van der Waals surface area contributed by atoms with Gasteiger partial charge in [0.1, 0.15) is 5.75 Å². The Morgan fingerprint density at radius 3 is 2.74 bits per heavy atom. The van der Waals surface area contributed by atoms with Crippen molar-refractivity contribution < 1.29 is 9.84 Å². The van der Waals surface area contributed by atoms with Crippen LogP contribution in [0.4, 0.5) is 0 Å². The molecule has 0 aliphatic rings. The number of hydrogen-bond acceptors (Lipinski definition) is 3. The first kappa shape index (κ1) is 16.5. The molecule has 19 heavy (non-hydrogen) atoms. The summed E-state index contributed by atoms with van der Waals surface area (Å²) in [5.74, 6) is 0.945. The number of rotatable bonds is 9. The van der Waals surface area contributed by atoms with Crippen molar-refractivity contribution >= 4 is 15.9 Å². The van der Waals surface area contributed by atoms with Gasteiger partial charge < -0.3 is 15.2 Å². The van der Waals surface area contributed by atoms with E-state index in [0.29, 0.717) is 0 Å². The Morgan fingerprint density at radius 1 is 1.26 bits per heavy atom. The maximum atomic E-state index is 8.71. The third-order valence-electron chi connectivity index (χ3n) is 2.71. The Labute approximate surface area is 124 Å². The molecule has 0 atom stereocenters. The average Bonchev–Trinajstić information content (AvgIpc) is 2.36. The summed E-state index contributed by atoms with van der Waals surface area (Å²) < 4.78 is 6.87. The molecule has 4 heteroatoms. The molecule has 1 aromatic carbocycles. The lowest BCUT2D eigenvalue weighted by Gasteiger charge is -2.15. The number of aliphatic hydroxyl groups excluding tert-OH is 1. The zero-order chi connectivity index (χ0) is 14.1. The summed E-state index contributed by atoms with van der Waals surface area (Å²) in [5.41, 5.74) is 1.17. The van der Waals surface area contributed by atoms with E-state index in [-0.39, 0.29) is 12.7 Å². The monoisotopic (exact) mass is 329 g/mol. The fraction of sp³-hybridized carbons (Fsp3) is 0.600. The SMILES string of the molecule is CC(C)Oc1ccc(Br)cc1CNCCCCCO. The number of unbranched alkanes of at least 4 members (excludes halogenated alkanes) is 2. The molecule has 1 aromatic rings. The number of halogens is 1. The zero-order valence-corrected chi connectivity index (χ0v) is 13.4. The molecule has 0 bridgehead atoms. The van der Waals surface area contributed by atoms with E-state index >= 15 is 0 Å². The van der Waals surface area contributed by atoms with E-state index in [1.54, 1.807) is 0 Å². The molecule has 108 valence electrons. The van der Waals surface area contributed by atoms with E-state index < -0.39 is 0 Å². The Kier molecular flexibility index (Phi) is 8.10. The Balaban J connectivity index is 2.44. The van der Waals surface area contributed by atoms with Crippen molar-refractivity contribution in [2.24, 2.45) is 0 Å². The summed E-state index contributed by atoms with van der Waals surface area (Å²) in [6.45, 7) is 6.13.